The summed E-state index contributed by atoms with van der Waals surface area (Å²) in [5, 5.41) is 4.91. The molecule has 0 unspecified atom stereocenters. The van der Waals surface area contributed by atoms with Crippen LogP contribution in [0.25, 0.3) is 10.9 Å². The van der Waals surface area contributed by atoms with E-state index in [1.165, 1.54) is 27.7 Å². The lowest BCUT2D eigenvalue weighted by atomic mass is 9.99. The van der Waals surface area contributed by atoms with Gasteiger partial charge in [0, 0.05) is 47.8 Å². The molecule has 0 bridgehead atoms. The number of aromatic amines is 1. The van der Waals surface area contributed by atoms with Crippen molar-refractivity contribution in [2.75, 3.05) is 33.9 Å². The van der Waals surface area contributed by atoms with Crippen molar-refractivity contribution >= 4 is 23.3 Å². The van der Waals surface area contributed by atoms with Crippen LogP contribution in [0.1, 0.15) is 23.2 Å². The van der Waals surface area contributed by atoms with Gasteiger partial charge in [-0.05, 0) is 43.0 Å². The number of aromatic nitrogens is 1. The number of methoxy groups -OCH3 is 2. The van der Waals surface area contributed by atoms with Gasteiger partial charge in [0.2, 0.25) is 0 Å². The lowest BCUT2D eigenvalue weighted by molar-refractivity contribution is 0.305. The van der Waals surface area contributed by atoms with E-state index >= 15 is 0 Å². The quantitative estimate of drug-likeness (QED) is 0.563. The fourth-order valence-electron chi connectivity index (χ4n) is 4.02. The highest BCUT2D eigenvalue weighted by Gasteiger charge is 2.16. The Morgan fingerprint density at radius 2 is 1.66 bits per heavy atom. The van der Waals surface area contributed by atoms with Crippen LogP contribution in [0.3, 0.4) is 0 Å². The Hall–Kier alpha value is -2.37. The Bertz CT molecular complexity index is 932. The highest BCUT2D eigenvalue weighted by molar-refractivity contribution is 5.88. The third-order valence-corrected chi connectivity index (χ3v) is 5.39. The molecule has 1 aliphatic heterocycles. The van der Waals surface area contributed by atoms with Gasteiger partial charge in [-0.1, -0.05) is 12.1 Å². The molecule has 0 saturated carbocycles. The highest BCUT2D eigenvalue weighted by atomic mass is 35.5. The molecule has 2 N–H and O–H groups in total. The SMILES string of the molecule is COc1cc(OC)cc(OCCCc2cccc3[nH]c4c(c23)CCNCC4)c1.Cl. The van der Waals surface area contributed by atoms with Gasteiger partial charge in [0.05, 0.1) is 20.8 Å². The van der Waals surface area contributed by atoms with Gasteiger partial charge in [0.1, 0.15) is 17.2 Å². The average molecular weight is 417 g/mol. The van der Waals surface area contributed by atoms with Gasteiger partial charge in [-0.15, -0.1) is 12.4 Å². The number of benzene rings is 2. The second-order valence-electron chi connectivity index (χ2n) is 7.17. The van der Waals surface area contributed by atoms with Crippen molar-refractivity contribution in [1.29, 1.82) is 0 Å². The van der Waals surface area contributed by atoms with E-state index in [0.29, 0.717) is 6.61 Å². The molecule has 6 heteroatoms. The first-order valence-electron chi connectivity index (χ1n) is 9.96. The fraction of sp³-hybridized carbons (Fsp3) is 0.391. The van der Waals surface area contributed by atoms with Gasteiger partial charge in [-0.2, -0.15) is 0 Å². The minimum absolute atomic E-state index is 0. The Kier molecular flexibility index (Phi) is 7.29. The van der Waals surface area contributed by atoms with Gasteiger partial charge in [0.15, 0.2) is 0 Å². The molecule has 0 saturated heterocycles. The molecule has 0 radical (unpaired) electrons. The zero-order chi connectivity index (χ0) is 19.3. The number of H-pyrrole nitrogens is 1. The van der Waals surface area contributed by atoms with Gasteiger partial charge in [-0.25, -0.2) is 0 Å². The monoisotopic (exact) mass is 416 g/mol. The van der Waals surface area contributed by atoms with Crippen molar-refractivity contribution in [3.05, 3.63) is 53.2 Å². The van der Waals surface area contributed by atoms with Crippen molar-refractivity contribution in [2.45, 2.75) is 25.7 Å². The molecular weight excluding hydrogens is 388 g/mol. The number of nitrogens with one attached hydrogen (secondary N) is 2. The molecule has 0 aliphatic carbocycles. The summed E-state index contributed by atoms with van der Waals surface area (Å²) in [6.07, 6.45) is 4.11. The predicted molar refractivity (Wildman–Crippen MR) is 119 cm³/mol. The van der Waals surface area contributed by atoms with Gasteiger partial charge < -0.3 is 24.5 Å². The zero-order valence-electron chi connectivity index (χ0n) is 17.0. The minimum atomic E-state index is 0. The summed E-state index contributed by atoms with van der Waals surface area (Å²) in [4.78, 5) is 3.64. The summed E-state index contributed by atoms with van der Waals surface area (Å²) >= 11 is 0. The summed E-state index contributed by atoms with van der Waals surface area (Å²) < 4.78 is 16.6. The minimum Gasteiger partial charge on any atom is -0.496 e. The van der Waals surface area contributed by atoms with E-state index in [0.717, 1.165) is 56.0 Å². The molecule has 156 valence electrons. The molecule has 5 nitrogen and oxygen atoms in total. The van der Waals surface area contributed by atoms with Crippen LogP contribution in [-0.4, -0.2) is 38.9 Å². The normalized spacial score (nSPS) is 13.3. The third kappa shape index (κ3) is 4.80. The van der Waals surface area contributed by atoms with Gasteiger partial charge in [0.25, 0.3) is 0 Å². The van der Waals surface area contributed by atoms with Crippen LogP contribution in [0, 0.1) is 0 Å². The second-order valence-corrected chi connectivity index (χ2v) is 7.17. The number of aryl methyl sites for hydroxylation is 1. The average Bonchev–Trinajstić information content (AvgIpc) is 2.93. The summed E-state index contributed by atoms with van der Waals surface area (Å²) in [5.41, 5.74) is 5.56. The van der Waals surface area contributed by atoms with Crippen LogP contribution in [0.15, 0.2) is 36.4 Å². The van der Waals surface area contributed by atoms with E-state index in [1.54, 1.807) is 14.2 Å². The standard InChI is InChI=1S/C23H28N2O3.ClH/c1-26-17-13-18(27-2)15-19(14-17)28-12-4-6-16-5-3-7-22-23(16)20-8-10-24-11-9-21(20)25-22;/h3,5,7,13-15,24-25H,4,6,8-12H2,1-2H3;1H. The van der Waals surface area contributed by atoms with E-state index in [9.17, 15) is 0 Å². The van der Waals surface area contributed by atoms with Crippen molar-refractivity contribution in [3.8, 4) is 17.2 Å². The van der Waals surface area contributed by atoms with Crippen molar-refractivity contribution in [2.24, 2.45) is 0 Å². The molecule has 2 aromatic carbocycles. The Morgan fingerprint density at radius 1 is 0.931 bits per heavy atom. The van der Waals surface area contributed by atoms with Crippen molar-refractivity contribution in [1.82, 2.24) is 10.3 Å². The Morgan fingerprint density at radius 3 is 2.41 bits per heavy atom. The largest absolute Gasteiger partial charge is 0.496 e. The number of halogens is 1. The summed E-state index contributed by atoms with van der Waals surface area (Å²) in [7, 11) is 3.29. The second kappa shape index (κ2) is 9.90. The molecule has 1 aliphatic rings. The zero-order valence-corrected chi connectivity index (χ0v) is 17.9. The van der Waals surface area contributed by atoms with E-state index < -0.39 is 0 Å². The van der Waals surface area contributed by atoms with Crippen LogP contribution < -0.4 is 19.5 Å². The van der Waals surface area contributed by atoms with Crippen LogP contribution in [-0.2, 0) is 19.3 Å². The van der Waals surface area contributed by atoms with E-state index in [4.69, 9.17) is 14.2 Å². The van der Waals surface area contributed by atoms with Crippen molar-refractivity contribution in [3.63, 3.8) is 0 Å². The third-order valence-electron chi connectivity index (χ3n) is 5.39. The maximum atomic E-state index is 5.96. The summed E-state index contributed by atoms with van der Waals surface area (Å²) in [6.45, 7) is 2.75. The summed E-state index contributed by atoms with van der Waals surface area (Å²) in [6, 6.07) is 12.2. The molecule has 4 rings (SSSR count). The lowest BCUT2D eigenvalue weighted by Crippen LogP contribution is -2.16. The Labute approximate surface area is 178 Å². The van der Waals surface area contributed by atoms with Gasteiger partial charge >= 0.3 is 0 Å². The molecule has 29 heavy (non-hydrogen) atoms. The van der Waals surface area contributed by atoms with E-state index in [1.807, 2.05) is 18.2 Å². The van der Waals surface area contributed by atoms with E-state index in [2.05, 4.69) is 28.5 Å². The first kappa shape index (κ1) is 21.3. The topological polar surface area (TPSA) is 55.5 Å². The lowest BCUT2D eigenvalue weighted by Gasteiger charge is -2.11. The van der Waals surface area contributed by atoms with Crippen molar-refractivity contribution < 1.29 is 14.2 Å². The number of rotatable bonds is 7. The first-order chi connectivity index (χ1) is 13.8. The molecule has 0 atom stereocenters. The van der Waals surface area contributed by atoms with Crippen LogP contribution >= 0.6 is 12.4 Å². The molecule has 0 fully saturated rings. The number of ether oxygens (including phenoxy) is 3. The first-order valence-corrected chi connectivity index (χ1v) is 9.96. The smallest absolute Gasteiger partial charge is 0.126 e. The number of fused-ring (bicyclic) bond motifs is 3. The van der Waals surface area contributed by atoms with Crippen LogP contribution in [0.5, 0.6) is 17.2 Å². The Balaban J connectivity index is 0.00000240. The molecule has 0 spiro atoms. The number of hydrogen-bond donors (Lipinski definition) is 2. The predicted octanol–water partition coefficient (Wildman–Crippen LogP) is 4.31. The number of hydrogen-bond acceptors (Lipinski definition) is 4. The maximum Gasteiger partial charge on any atom is 0.126 e. The molecule has 3 aromatic rings. The fourth-order valence-corrected chi connectivity index (χ4v) is 4.02. The van der Waals surface area contributed by atoms with E-state index in [-0.39, 0.29) is 12.4 Å². The molecule has 0 amide bonds. The van der Waals surface area contributed by atoms with Crippen LogP contribution in [0.4, 0.5) is 0 Å². The maximum absolute atomic E-state index is 5.96. The van der Waals surface area contributed by atoms with Crippen LogP contribution in [0.2, 0.25) is 0 Å². The molecule has 2 heterocycles. The highest BCUT2D eigenvalue weighted by Crippen LogP contribution is 2.30. The van der Waals surface area contributed by atoms with Gasteiger partial charge in [-0.3, -0.25) is 0 Å². The summed E-state index contributed by atoms with van der Waals surface area (Å²) in [5.74, 6) is 2.25. The molecular formula is C23H29ClN2O3. The molecule has 1 aromatic heterocycles.